The minimum atomic E-state index is -0.0120. The largest absolute Gasteiger partial charge is 0.377 e. The van der Waals surface area contributed by atoms with Gasteiger partial charge in [0.25, 0.3) is 5.91 Å². The molecule has 6 nitrogen and oxygen atoms in total. The van der Waals surface area contributed by atoms with Crippen molar-refractivity contribution < 1.29 is 9.53 Å². The molecule has 3 rings (SSSR count). The highest BCUT2D eigenvalue weighted by atomic mass is 16.5. The van der Waals surface area contributed by atoms with Gasteiger partial charge in [-0.05, 0) is 25.8 Å². The molecule has 1 atom stereocenters. The average Bonchev–Trinajstić information content (AvgIpc) is 2.92. The molecule has 0 bridgehead atoms. The summed E-state index contributed by atoms with van der Waals surface area (Å²) in [5, 5.41) is 0. The van der Waals surface area contributed by atoms with E-state index in [4.69, 9.17) is 4.74 Å². The number of carbonyl (C=O) groups excluding carboxylic acids is 1. The third-order valence-electron chi connectivity index (χ3n) is 4.14. The van der Waals surface area contributed by atoms with Crippen LogP contribution in [0.3, 0.4) is 0 Å². The van der Waals surface area contributed by atoms with Crippen LogP contribution in [-0.4, -0.2) is 71.1 Å². The standard InChI is InChI=1S/C15H22N4O2/c20-15(14-11-16-4-5-17-14)19-7-2-6-18(8-9-19)12-13-3-1-10-21-13/h4-5,11,13H,1-3,6-10,12H2. The number of aromatic nitrogens is 2. The maximum atomic E-state index is 12.4. The Bertz CT molecular complexity index is 462. The van der Waals surface area contributed by atoms with E-state index in [9.17, 15) is 4.79 Å². The van der Waals surface area contributed by atoms with Crippen molar-refractivity contribution in [2.24, 2.45) is 0 Å². The van der Waals surface area contributed by atoms with E-state index < -0.39 is 0 Å². The highest BCUT2D eigenvalue weighted by Gasteiger charge is 2.24. The molecule has 21 heavy (non-hydrogen) atoms. The van der Waals surface area contributed by atoms with Crippen molar-refractivity contribution in [3.05, 3.63) is 24.3 Å². The lowest BCUT2D eigenvalue weighted by Gasteiger charge is -2.23. The molecular weight excluding hydrogens is 268 g/mol. The molecule has 1 aromatic heterocycles. The fraction of sp³-hybridized carbons (Fsp3) is 0.667. The van der Waals surface area contributed by atoms with Crippen LogP contribution in [0.2, 0.25) is 0 Å². The Morgan fingerprint density at radius 3 is 2.95 bits per heavy atom. The van der Waals surface area contributed by atoms with Gasteiger partial charge in [0.1, 0.15) is 5.69 Å². The number of amides is 1. The maximum Gasteiger partial charge on any atom is 0.274 e. The second-order valence-corrected chi connectivity index (χ2v) is 5.67. The van der Waals surface area contributed by atoms with Crippen LogP contribution in [0, 0.1) is 0 Å². The zero-order valence-corrected chi connectivity index (χ0v) is 12.3. The summed E-state index contributed by atoms with van der Waals surface area (Å²) < 4.78 is 5.70. The lowest BCUT2D eigenvalue weighted by Crippen LogP contribution is -2.37. The maximum absolute atomic E-state index is 12.4. The first-order valence-electron chi connectivity index (χ1n) is 7.72. The summed E-state index contributed by atoms with van der Waals surface area (Å²) in [7, 11) is 0. The van der Waals surface area contributed by atoms with E-state index in [1.165, 1.54) is 19.0 Å². The smallest absolute Gasteiger partial charge is 0.274 e. The Morgan fingerprint density at radius 2 is 2.19 bits per heavy atom. The number of ether oxygens (including phenoxy) is 1. The van der Waals surface area contributed by atoms with Crippen LogP contribution in [0.4, 0.5) is 0 Å². The molecule has 1 unspecified atom stereocenters. The second-order valence-electron chi connectivity index (χ2n) is 5.67. The Balaban J connectivity index is 1.54. The Labute approximate surface area is 125 Å². The van der Waals surface area contributed by atoms with Gasteiger partial charge < -0.3 is 9.64 Å². The van der Waals surface area contributed by atoms with Crippen molar-refractivity contribution in [1.29, 1.82) is 0 Å². The van der Waals surface area contributed by atoms with Crippen LogP contribution in [0.1, 0.15) is 29.8 Å². The minimum Gasteiger partial charge on any atom is -0.377 e. The molecule has 0 aromatic carbocycles. The molecule has 114 valence electrons. The van der Waals surface area contributed by atoms with E-state index in [0.717, 1.165) is 45.8 Å². The zero-order valence-electron chi connectivity index (χ0n) is 12.3. The third-order valence-corrected chi connectivity index (χ3v) is 4.14. The van der Waals surface area contributed by atoms with Crippen molar-refractivity contribution in [1.82, 2.24) is 19.8 Å². The van der Waals surface area contributed by atoms with E-state index in [-0.39, 0.29) is 5.91 Å². The first kappa shape index (κ1) is 14.4. The molecule has 2 aliphatic rings. The van der Waals surface area contributed by atoms with E-state index in [0.29, 0.717) is 11.8 Å². The quantitative estimate of drug-likeness (QED) is 0.824. The third kappa shape index (κ3) is 3.77. The summed E-state index contributed by atoms with van der Waals surface area (Å²) >= 11 is 0. The first-order valence-corrected chi connectivity index (χ1v) is 7.72. The van der Waals surface area contributed by atoms with Crippen LogP contribution in [0.25, 0.3) is 0 Å². The van der Waals surface area contributed by atoms with Gasteiger partial charge in [0, 0.05) is 45.2 Å². The van der Waals surface area contributed by atoms with Crippen LogP contribution < -0.4 is 0 Å². The minimum absolute atomic E-state index is 0.0120. The Hall–Kier alpha value is -1.53. The van der Waals surface area contributed by atoms with Crippen LogP contribution in [-0.2, 0) is 4.74 Å². The van der Waals surface area contributed by atoms with E-state index >= 15 is 0 Å². The summed E-state index contributed by atoms with van der Waals surface area (Å²) in [6.07, 6.45) is 8.41. The molecule has 6 heteroatoms. The fourth-order valence-electron chi connectivity index (χ4n) is 3.00. The first-order chi connectivity index (χ1) is 10.3. The van der Waals surface area contributed by atoms with Gasteiger partial charge in [0.15, 0.2) is 0 Å². The molecule has 3 heterocycles. The predicted molar refractivity (Wildman–Crippen MR) is 78.0 cm³/mol. The SMILES string of the molecule is O=C(c1cnccn1)N1CCCN(CC2CCCO2)CC1. The molecule has 1 amide bonds. The number of hydrogen-bond donors (Lipinski definition) is 0. The number of hydrogen-bond acceptors (Lipinski definition) is 5. The second kappa shape index (κ2) is 6.95. The Kier molecular flexibility index (Phi) is 4.77. The van der Waals surface area contributed by atoms with Gasteiger partial charge in [-0.25, -0.2) is 4.98 Å². The van der Waals surface area contributed by atoms with Gasteiger partial charge in [0.2, 0.25) is 0 Å². The van der Waals surface area contributed by atoms with E-state index in [1.807, 2.05) is 4.90 Å². The molecule has 0 aliphatic carbocycles. The normalized spacial score (nSPS) is 24.0. The van der Waals surface area contributed by atoms with Gasteiger partial charge in [-0.15, -0.1) is 0 Å². The molecule has 2 saturated heterocycles. The molecule has 0 radical (unpaired) electrons. The van der Waals surface area contributed by atoms with Gasteiger partial charge in [-0.2, -0.15) is 0 Å². The predicted octanol–water partition coefficient (Wildman–Crippen LogP) is 0.803. The molecule has 2 fully saturated rings. The number of rotatable bonds is 3. The summed E-state index contributed by atoms with van der Waals surface area (Å²) in [6, 6.07) is 0. The van der Waals surface area contributed by atoms with Crippen molar-refractivity contribution in [3.8, 4) is 0 Å². The molecule has 1 aromatic rings. The summed E-state index contributed by atoms with van der Waals surface area (Å²) in [5.74, 6) is -0.0120. The summed E-state index contributed by atoms with van der Waals surface area (Å²) in [4.78, 5) is 24.8. The lowest BCUT2D eigenvalue weighted by molar-refractivity contribution is 0.0701. The average molecular weight is 290 g/mol. The van der Waals surface area contributed by atoms with Gasteiger partial charge in [-0.3, -0.25) is 14.7 Å². The molecule has 2 aliphatic heterocycles. The van der Waals surface area contributed by atoms with Crippen molar-refractivity contribution in [3.63, 3.8) is 0 Å². The van der Waals surface area contributed by atoms with Crippen molar-refractivity contribution in [2.75, 3.05) is 39.3 Å². The fourth-order valence-corrected chi connectivity index (χ4v) is 3.00. The highest BCUT2D eigenvalue weighted by Crippen LogP contribution is 2.15. The van der Waals surface area contributed by atoms with Crippen molar-refractivity contribution in [2.45, 2.75) is 25.4 Å². The number of nitrogens with zero attached hydrogens (tertiary/aromatic N) is 4. The molecular formula is C15H22N4O2. The van der Waals surface area contributed by atoms with Crippen LogP contribution in [0.15, 0.2) is 18.6 Å². The lowest BCUT2D eigenvalue weighted by atomic mass is 10.2. The van der Waals surface area contributed by atoms with Crippen LogP contribution in [0.5, 0.6) is 0 Å². The topological polar surface area (TPSA) is 58.6 Å². The summed E-state index contributed by atoms with van der Waals surface area (Å²) in [5.41, 5.74) is 0.435. The molecule has 0 N–H and O–H groups in total. The van der Waals surface area contributed by atoms with E-state index in [1.54, 1.807) is 12.4 Å². The van der Waals surface area contributed by atoms with Crippen molar-refractivity contribution >= 4 is 5.91 Å². The molecule has 0 spiro atoms. The monoisotopic (exact) mass is 290 g/mol. The summed E-state index contributed by atoms with van der Waals surface area (Å²) in [6.45, 7) is 5.37. The zero-order chi connectivity index (χ0) is 14.5. The van der Waals surface area contributed by atoms with Crippen LogP contribution >= 0.6 is 0 Å². The number of carbonyl (C=O) groups is 1. The Morgan fingerprint density at radius 1 is 1.24 bits per heavy atom. The van der Waals surface area contributed by atoms with Gasteiger partial charge in [0.05, 0.1) is 12.3 Å². The molecule has 0 saturated carbocycles. The van der Waals surface area contributed by atoms with Gasteiger partial charge in [-0.1, -0.05) is 0 Å². The van der Waals surface area contributed by atoms with Gasteiger partial charge >= 0.3 is 0 Å². The van der Waals surface area contributed by atoms with E-state index in [2.05, 4.69) is 14.9 Å². The highest BCUT2D eigenvalue weighted by molar-refractivity contribution is 5.91.